The first-order valence-corrected chi connectivity index (χ1v) is 7.44. The van der Waals surface area contributed by atoms with Crippen molar-refractivity contribution in [1.29, 1.82) is 0 Å². The number of Topliss-reactive ketones (excluding diaryl/α,β-unsaturated/α-hetero) is 1. The van der Waals surface area contributed by atoms with E-state index in [9.17, 15) is 24.9 Å². The van der Waals surface area contributed by atoms with Crippen molar-refractivity contribution in [2.24, 2.45) is 0 Å². The molecule has 2 aromatic carbocycles. The molecule has 24 heavy (non-hydrogen) atoms. The Bertz CT molecular complexity index is 729. The number of carbonyl (C=O) groups excluding carboxylic acids is 2. The Labute approximate surface area is 139 Å². The van der Waals surface area contributed by atoms with Crippen LogP contribution in [0.2, 0.25) is 0 Å². The van der Waals surface area contributed by atoms with E-state index >= 15 is 0 Å². The van der Waals surface area contributed by atoms with Crippen LogP contribution in [0.5, 0.6) is 11.5 Å². The molecular weight excluding hydrogens is 308 g/mol. The molecular formula is C19H18O5. The Balaban J connectivity index is 1.85. The van der Waals surface area contributed by atoms with Gasteiger partial charge in [-0.1, -0.05) is 18.2 Å². The van der Waals surface area contributed by atoms with Gasteiger partial charge in [-0.25, -0.2) is 0 Å². The van der Waals surface area contributed by atoms with Crippen molar-refractivity contribution in [2.45, 2.75) is 18.9 Å². The maximum atomic E-state index is 12.0. The third-order valence-corrected chi connectivity index (χ3v) is 3.40. The second-order valence-corrected chi connectivity index (χ2v) is 5.42. The van der Waals surface area contributed by atoms with Crippen molar-refractivity contribution in [3.05, 3.63) is 65.7 Å². The van der Waals surface area contributed by atoms with Gasteiger partial charge in [0.1, 0.15) is 11.5 Å². The molecule has 0 aliphatic heterocycles. The summed E-state index contributed by atoms with van der Waals surface area (Å²) in [6.07, 6.45) is 1.53. The van der Waals surface area contributed by atoms with Crippen molar-refractivity contribution in [2.75, 3.05) is 0 Å². The SMILES string of the molecule is O=C(C=Cc1ccc(O)cc1)C[C@@H](O)CC(=O)c1ccc(O)cc1. The molecule has 124 valence electrons. The predicted molar refractivity (Wildman–Crippen MR) is 89.8 cm³/mol. The Morgan fingerprint density at radius 2 is 1.42 bits per heavy atom. The maximum absolute atomic E-state index is 12.0. The molecule has 0 heterocycles. The highest BCUT2D eigenvalue weighted by Gasteiger charge is 2.15. The fourth-order valence-corrected chi connectivity index (χ4v) is 2.13. The van der Waals surface area contributed by atoms with Gasteiger partial charge in [-0.3, -0.25) is 9.59 Å². The molecule has 0 saturated carbocycles. The number of ketones is 2. The minimum absolute atomic E-state index is 0.0571. The van der Waals surface area contributed by atoms with E-state index in [4.69, 9.17) is 0 Å². The van der Waals surface area contributed by atoms with Gasteiger partial charge in [-0.15, -0.1) is 0 Å². The largest absolute Gasteiger partial charge is 0.508 e. The van der Waals surface area contributed by atoms with Crippen LogP contribution >= 0.6 is 0 Å². The van der Waals surface area contributed by atoms with Crippen LogP contribution in [0.3, 0.4) is 0 Å². The minimum atomic E-state index is -1.07. The summed E-state index contributed by atoms with van der Waals surface area (Å²) in [6, 6.07) is 12.1. The van der Waals surface area contributed by atoms with Gasteiger partial charge < -0.3 is 15.3 Å². The molecule has 0 spiro atoms. The number of phenolic OH excluding ortho intramolecular Hbond substituents is 2. The van der Waals surface area contributed by atoms with E-state index in [1.807, 2.05) is 0 Å². The molecule has 3 N–H and O–H groups in total. The summed E-state index contributed by atoms with van der Waals surface area (Å²) in [5.74, 6) is -0.393. The fourth-order valence-electron chi connectivity index (χ4n) is 2.13. The van der Waals surface area contributed by atoms with E-state index in [0.717, 1.165) is 5.56 Å². The monoisotopic (exact) mass is 326 g/mol. The number of hydrogen-bond donors (Lipinski definition) is 3. The van der Waals surface area contributed by atoms with Crippen LogP contribution in [0.15, 0.2) is 54.6 Å². The number of aliphatic hydroxyl groups is 1. The second-order valence-electron chi connectivity index (χ2n) is 5.42. The molecule has 0 aliphatic rings. The summed E-state index contributed by atoms with van der Waals surface area (Å²) >= 11 is 0. The zero-order valence-corrected chi connectivity index (χ0v) is 12.9. The number of phenols is 2. The molecule has 0 unspecified atom stereocenters. The van der Waals surface area contributed by atoms with E-state index in [-0.39, 0.29) is 35.9 Å². The first-order chi connectivity index (χ1) is 11.4. The topological polar surface area (TPSA) is 94.8 Å². The van der Waals surface area contributed by atoms with Crippen molar-refractivity contribution in [1.82, 2.24) is 0 Å². The molecule has 2 aromatic rings. The normalized spacial score (nSPS) is 12.2. The first kappa shape index (κ1) is 17.4. The molecule has 0 aliphatic carbocycles. The van der Waals surface area contributed by atoms with Gasteiger partial charge in [0.15, 0.2) is 11.6 Å². The van der Waals surface area contributed by atoms with Crippen LogP contribution in [0, 0.1) is 0 Å². The first-order valence-electron chi connectivity index (χ1n) is 7.44. The lowest BCUT2D eigenvalue weighted by molar-refractivity contribution is -0.116. The number of aliphatic hydroxyl groups excluding tert-OH is 1. The fraction of sp³-hybridized carbons (Fsp3) is 0.158. The summed E-state index contributed by atoms with van der Waals surface area (Å²) in [4.78, 5) is 23.8. The van der Waals surface area contributed by atoms with Gasteiger partial charge in [-0.05, 0) is 48.0 Å². The minimum Gasteiger partial charge on any atom is -0.508 e. The van der Waals surface area contributed by atoms with Gasteiger partial charge in [0.05, 0.1) is 6.10 Å². The van der Waals surface area contributed by atoms with E-state index in [1.54, 1.807) is 18.2 Å². The number of aromatic hydroxyl groups is 2. The van der Waals surface area contributed by atoms with Crippen molar-refractivity contribution < 1.29 is 24.9 Å². The number of allylic oxidation sites excluding steroid dienone is 1. The Kier molecular flexibility index (Phi) is 5.87. The molecule has 0 saturated heterocycles. The van der Waals surface area contributed by atoms with Crippen LogP contribution in [-0.2, 0) is 4.79 Å². The summed E-state index contributed by atoms with van der Waals surface area (Å²) in [6.45, 7) is 0. The smallest absolute Gasteiger partial charge is 0.165 e. The van der Waals surface area contributed by atoms with Crippen LogP contribution in [-0.4, -0.2) is 33.0 Å². The van der Waals surface area contributed by atoms with Crippen molar-refractivity contribution >= 4 is 17.6 Å². The highest BCUT2D eigenvalue weighted by molar-refractivity contribution is 5.98. The molecule has 5 nitrogen and oxygen atoms in total. The summed E-state index contributed by atoms with van der Waals surface area (Å²) in [5, 5.41) is 28.2. The van der Waals surface area contributed by atoms with Gasteiger partial charge in [-0.2, -0.15) is 0 Å². The van der Waals surface area contributed by atoms with Gasteiger partial charge in [0, 0.05) is 18.4 Å². The van der Waals surface area contributed by atoms with Crippen LogP contribution in [0.25, 0.3) is 6.08 Å². The molecule has 0 aromatic heterocycles. The highest BCUT2D eigenvalue weighted by Crippen LogP contribution is 2.14. The highest BCUT2D eigenvalue weighted by atomic mass is 16.3. The zero-order chi connectivity index (χ0) is 17.5. The van der Waals surface area contributed by atoms with Gasteiger partial charge in [0.25, 0.3) is 0 Å². The number of benzene rings is 2. The molecule has 1 atom stereocenters. The lowest BCUT2D eigenvalue weighted by atomic mass is 10.0. The summed E-state index contributed by atoms with van der Waals surface area (Å²) < 4.78 is 0. The molecule has 5 heteroatoms. The molecule has 0 fully saturated rings. The van der Waals surface area contributed by atoms with Gasteiger partial charge in [0.2, 0.25) is 0 Å². The Morgan fingerprint density at radius 1 is 0.875 bits per heavy atom. The molecule has 2 rings (SSSR count). The quantitative estimate of drug-likeness (QED) is 0.537. The van der Waals surface area contributed by atoms with E-state index in [1.165, 1.54) is 42.5 Å². The van der Waals surface area contributed by atoms with Crippen LogP contribution in [0.4, 0.5) is 0 Å². The van der Waals surface area contributed by atoms with E-state index in [0.29, 0.717) is 5.56 Å². The standard InChI is InChI=1S/C19H18O5/c20-15-6-1-13(2-7-15)3-8-17(22)11-18(23)12-19(24)14-4-9-16(21)10-5-14/h1-10,18,20-21,23H,11-12H2/t18-/m1/s1. The van der Waals surface area contributed by atoms with Crippen LogP contribution in [0.1, 0.15) is 28.8 Å². The van der Waals surface area contributed by atoms with E-state index in [2.05, 4.69) is 0 Å². The summed E-state index contributed by atoms with van der Waals surface area (Å²) in [7, 11) is 0. The number of carbonyl (C=O) groups is 2. The maximum Gasteiger partial charge on any atom is 0.165 e. The van der Waals surface area contributed by atoms with Crippen molar-refractivity contribution in [3.63, 3.8) is 0 Å². The Hall–Kier alpha value is -2.92. The van der Waals surface area contributed by atoms with Gasteiger partial charge >= 0.3 is 0 Å². The second kappa shape index (κ2) is 8.08. The average molecular weight is 326 g/mol. The average Bonchev–Trinajstić information content (AvgIpc) is 2.54. The predicted octanol–water partition coefficient (Wildman–Crippen LogP) is 2.70. The number of rotatable bonds is 7. The van der Waals surface area contributed by atoms with E-state index < -0.39 is 6.10 Å². The zero-order valence-electron chi connectivity index (χ0n) is 12.9. The Morgan fingerprint density at radius 3 is 2.00 bits per heavy atom. The molecule has 0 radical (unpaired) electrons. The third-order valence-electron chi connectivity index (χ3n) is 3.40. The van der Waals surface area contributed by atoms with Crippen LogP contribution < -0.4 is 0 Å². The molecule has 0 amide bonds. The van der Waals surface area contributed by atoms with Crippen molar-refractivity contribution in [3.8, 4) is 11.5 Å². The molecule has 0 bridgehead atoms. The summed E-state index contributed by atoms with van der Waals surface area (Å²) in [5.41, 5.74) is 1.12. The lowest BCUT2D eigenvalue weighted by Gasteiger charge is -2.08. The third kappa shape index (κ3) is 5.37. The lowest BCUT2D eigenvalue weighted by Crippen LogP contribution is -2.17. The number of hydrogen-bond acceptors (Lipinski definition) is 5.